The van der Waals surface area contributed by atoms with Gasteiger partial charge < -0.3 is 15.6 Å². The van der Waals surface area contributed by atoms with Gasteiger partial charge in [-0.15, -0.1) is 0 Å². The molecule has 7 rings (SSSR count). The first-order valence-electron chi connectivity index (χ1n) is 12.4. The zero-order chi connectivity index (χ0) is 23.8. The van der Waals surface area contributed by atoms with Crippen LogP contribution in [0.5, 0.6) is 0 Å². The van der Waals surface area contributed by atoms with Crippen molar-refractivity contribution in [3.63, 3.8) is 0 Å². The molecule has 2 aliphatic carbocycles. The lowest BCUT2D eigenvalue weighted by Crippen LogP contribution is -2.45. The van der Waals surface area contributed by atoms with E-state index < -0.39 is 5.92 Å². The number of pyridine rings is 2. The highest BCUT2D eigenvalue weighted by atomic mass is 19.3. The number of H-pyrrole nitrogens is 1. The minimum Gasteiger partial charge on any atom is -0.366 e. The normalized spacial score (nSPS) is 21.6. The molecule has 7 nitrogen and oxygen atoms in total. The lowest BCUT2D eigenvalue weighted by atomic mass is 9.90. The van der Waals surface area contributed by atoms with E-state index in [2.05, 4.69) is 25.6 Å². The summed E-state index contributed by atoms with van der Waals surface area (Å²) in [4.78, 5) is 21.5. The SMILES string of the molecule is CC(F)(F)c1cc2c(-c3nc(NC4CCNCC45CC5)c4c(C5CC5)cncc4n3)ccnc2[nH]1. The summed E-state index contributed by atoms with van der Waals surface area (Å²) < 4.78 is 28.1. The fraction of sp³-hybridized carbons (Fsp3) is 0.462. The van der Waals surface area contributed by atoms with Crippen LogP contribution in [0.25, 0.3) is 33.3 Å². The number of nitrogens with one attached hydrogen (secondary N) is 3. The van der Waals surface area contributed by atoms with Crippen LogP contribution >= 0.6 is 0 Å². The van der Waals surface area contributed by atoms with Gasteiger partial charge in [0.2, 0.25) is 0 Å². The molecule has 2 saturated carbocycles. The Morgan fingerprint density at radius 3 is 2.77 bits per heavy atom. The van der Waals surface area contributed by atoms with Crippen molar-refractivity contribution in [1.82, 2.24) is 30.2 Å². The molecule has 1 saturated heterocycles. The number of fused-ring (bicyclic) bond motifs is 2. The summed E-state index contributed by atoms with van der Waals surface area (Å²) in [6, 6.07) is 3.59. The third-order valence-electron chi connectivity index (χ3n) is 7.93. The molecule has 3 fully saturated rings. The van der Waals surface area contributed by atoms with Crippen molar-refractivity contribution in [3.05, 3.63) is 42.0 Å². The highest BCUT2D eigenvalue weighted by Crippen LogP contribution is 2.52. The van der Waals surface area contributed by atoms with Crippen LogP contribution in [-0.2, 0) is 5.92 Å². The molecule has 180 valence electrons. The molecule has 1 atom stereocenters. The molecular formula is C26H27F2N7. The first-order chi connectivity index (χ1) is 16.9. The minimum absolute atomic E-state index is 0.172. The van der Waals surface area contributed by atoms with Crippen molar-refractivity contribution >= 4 is 27.8 Å². The Kier molecular flexibility index (Phi) is 4.46. The van der Waals surface area contributed by atoms with Gasteiger partial charge in [-0.3, -0.25) is 4.98 Å². The fourth-order valence-electron chi connectivity index (χ4n) is 5.59. The van der Waals surface area contributed by atoms with E-state index in [4.69, 9.17) is 9.97 Å². The Morgan fingerprint density at radius 1 is 1.14 bits per heavy atom. The fourth-order valence-corrected chi connectivity index (χ4v) is 5.59. The number of halogens is 2. The van der Waals surface area contributed by atoms with Gasteiger partial charge in [0, 0.05) is 53.7 Å². The minimum atomic E-state index is -2.99. The molecule has 4 aromatic heterocycles. The van der Waals surface area contributed by atoms with Crippen LogP contribution in [0.2, 0.25) is 0 Å². The van der Waals surface area contributed by atoms with Crippen molar-refractivity contribution in [2.45, 2.75) is 56.9 Å². The van der Waals surface area contributed by atoms with E-state index in [-0.39, 0.29) is 11.1 Å². The van der Waals surface area contributed by atoms with E-state index in [1.165, 1.54) is 24.5 Å². The van der Waals surface area contributed by atoms with Crippen LogP contribution in [0.15, 0.2) is 30.7 Å². The molecule has 1 spiro atoms. The van der Waals surface area contributed by atoms with Gasteiger partial charge in [-0.2, -0.15) is 0 Å². The van der Waals surface area contributed by atoms with Gasteiger partial charge in [0.15, 0.2) is 5.82 Å². The number of nitrogens with zero attached hydrogens (tertiary/aromatic N) is 4. The summed E-state index contributed by atoms with van der Waals surface area (Å²) in [6.07, 6.45) is 11.1. The third kappa shape index (κ3) is 3.55. The molecule has 4 aromatic rings. The van der Waals surface area contributed by atoms with Gasteiger partial charge in [-0.25, -0.2) is 23.7 Å². The van der Waals surface area contributed by atoms with Crippen LogP contribution in [0.1, 0.15) is 56.2 Å². The highest BCUT2D eigenvalue weighted by Gasteiger charge is 2.50. The number of piperidine rings is 1. The second-order valence-corrected chi connectivity index (χ2v) is 10.5. The van der Waals surface area contributed by atoms with Crippen LogP contribution in [0.4, 0.5) is 14.6 Å². The molecule has 35 heavy (non-hydrogen) atoms. The van der Waals surface area contributed by atoms with Gasteiger partial charge in [0.25, 0.3) is 5.92 Å². The quantitative estimate of drug-likeness (QED) is 0.372. The van der Waals surface area contributed by atoms with Crippen LogP contribution < -0.4 is 10.6 Å². The van der Waals surface area contributed by atoms with Gasteiger partial charge in [0.05, 0.1) is 17.4 Å². The van der Waals surface area contributed by atoms with E-state index >= 15 is 0 Å². The lowest BCUT2D eigenvalue weighted by molar-refractivity contribution is 0.0135. The van der Waals surface area contributed by atoms with Crippen molar-refractivity contribution < 1.29 is 8.78 Å². The average molecular weight is 476 g/mol. The third-order valence-corrected chi connectivity index (χ3v) is 7.93. The molecule has 5 heterocycles. The zero-order valence-corrected chi connectivity index (χ0v) is 19.5. The summed E-state index contributed by atoms with van der Waals surface area (Å²) in [5.41, 5.74) is 3.17. The Hall–Kier alpha value is -3.20. The highest BCUT2D eigenvalue weighted by molar-refractivity contribution is 5.97. The number of aromatic nitrogens is 5. The second-order valence-electron chi connectivity index (χ2n) is 10.5. The average Bonchev–Trinajstić information content (AvgIpc) is 3.77. The smallest absolute Gasteiger partial charge is 0.284 e. The van der Waals surface area contributed by atoms with E-state index in [1.807, 2.05) is 6.20 Å². The molecular weight excluding hydrogens is 448 g/mol. The molecule has 0 radical (unpaired) electrons. The number of anilines is 1. The van der Waals surface area contributed by atoms with Crippen molar-refractivity contribution in [3.8, 4) is 11.4 Å². The van der Waals surface area contributed by atoms with Gasteiger partial charge in [0.1, 0.15) is 11.5 Å². The second kappa shape index (κ2) is 7.40. The number of rotatable bonds is 5. The molecule has 0 bridgehead atoms. The Labute approximate surface area is 201 Å². The van der Waals surface area contributed by atoms with Gasteiger partial charge in [-0.05, 0) is 62.3 Å². The summed E-state index contributed by atoms with van der Waals surface area (Å²) in [7, 11) is 0. The first kappa shape index (κ1) is 21.1. The lowest BCUT2D eigenvalue weighted by Gasteiger charge is -2.34. The molecule has 1 unspecified atom stereocenters. The van der Waals surface area contributed by atoms with Crippen LogP contribution in [0, 0.1) is 5.41 Å². The van der Waals surface area contributed by atoms with E-state index in [0.717, 1.165) is 56.0 Å². The predicted molar refractivity (Wildman–Crippen MR) is 131 cm³/mol. The standard InChI is InChI=1S/C26H27F2N7/c1-25(27,28)20-10-16-15(4-9-31-22(16)34-20)23-32-18-12-30-11-17(14-2-3-14)21(18)24(35-23)33-19-5-8-29-13-26(19)6-7-26/h4,9-12,14,19,29H,2-3,5-8,13H2,1H3,(H,31,34)(H,32,33,35). The maximum Gasteiger partial charge on any atom is 0.284 e. The van der Waals surface area contributed by atoms with E-state index in [9.17, 15) is 8.78 Å². The van der Waals surface area contributed by atoms with Crippen molar-refractivity contribution in [2.24, 2.45) is 5.41 Å². The maximum atomic E-state index is 14.1. The van der Waals surface area contributed by atoms with E-state index in [0.29, 0.717) is 34.4 Å². The maximum absolute atomic E-state index is 14.1. The summed E-state index contributed by atoms with van der Waals surface area (Å²) >= 11 is 0. The summed E-state index contributed by atoms with van der Waals surface area (Å²) in [5, 5.41) is 9.00. The first-order valence-corrected chi connectivity index (χ1v) is 12.4. The van der Waals surface area contributed by atoms with Crippen molar-refractivity contribution in [1.29, 1.82) is 0 Å². The molecule has 3 aliphatic rings. The molecule has 3 N–H and O–H groups in total. The van der Waals surface area contributed by atoms with E-state index in [1.54, 1.807) is 18.5 Å². The van der Waals surface area contributed by atoms with Crippen molar-refractivity contribution in [2.75, 3.05) is 18.4 Å². The Balaban J connectivity index is 1.40. The number of hydrogen-bond donors (Lipinski definition) is 3. The summed E-state index contributed by atoms with van der Waals surface area (Å²) in [5.74, 6) is -1.18. The molecule has 9 heteroatoms. The number of aromatic amines is 1. The predicted octanol–water partition coefficient (Wildman–Crippen LogP) is 5.11. The van der Waals surface area contributed by atoms with Crippen LogP contribution in [0.3, 0.4) is 0 Å². The number of hydrogen-bond acceptors (Lipinski definition) is 6. The molecule has 1 aliphatic heterocycles. The number of alkyl halides is 2. The summed E-state index contributed by atoms with van der Waals surface area (Å²) in [6.45, 7) is 2.89. The zero-order valence-electron chi connectivity index (χ0n) is 19.5. The topological polar surface area (TPSA) is 91.4 Å². The molecule has 0 amide bonds. The Bertz CT molecular complexity index is 1450. The van der Waals surface area contributed by atoms with Gasteiger partial charge in [-0.1, -0.05) is 0 Å². The largest absolute Gasteiger partial charge is 0.366 e. The molecule has 0 aromatic carbocycles. The Morgan fingerprint density at radius 2 is 2.00 bits per heavy atom. The van der Waals surface area contributed by atoms with Crippen LogP contribution in [-0.4, -0.2) is 44.1 Å². The monoisotopic (exact) mass is 475 g/mol. The van der Waals surface area contributed by atoms with Gasteiger partial charge >= 0.3 is 0 Å².